The first-order chi connectivity index (χ1) is 8.58. The molecular formula is C15H26N2O. The maximum Gasteiger partial charge on any atom is 0.222 e. The van der Waals surface area contributed by atoms with Crippen LogP contribution in [0.5, 0.6) is 0 Å². The van der Waals surface area contributed by atoms with E-state index in [2.05, 4.69) is 25.2 Å². The van der Waals surface area contributed by atoms with Crippen molar-refractivity contribution in [1.82, 2.24) is 10.2 Å². The summed E-state index contributed by atoms with van der Waals surface area (Å²) < 4.78 is 0. The Labute approximate surface area is 111 Å². The molecule has 3 heteroatoms. The van der Waals surface area contributed by atoms with Gasteiger partial charge in [0.2, 0.25) is 5.91 Å². The molecule has 102 valence electrons. The lowest BCUT2D eigenvalue weighted by Crippen LogP contribution is -2.48. The molecule has 0 aromatic carbocycles. The Hall–Kier alpha value is -0.830. The van der Waals surface area contributed by atoms with Crippen LogP contribution in [0.25, 0.3) is 0 Å². The highest BCUT2D eigenvalue weighted by molar-refractivity contribution is 5.76. The second-order valence-corrected chi connectivity index (χ2v) is 6.03. The predicted molar refractivity (Wildman–Crippen MR) is 74.3 cm³/mol. The molecule has 0 aromatic rings. The van der Waals surface area contributed by atoms with E-state index < -0.39 is 0 Å². The summed E-state index contributed by atoms with van der Waals surface area (Å²) in [4.78, 5) is 13.3. The molecule has 1 fully saturated rings. The number of hydrogen-bond acceptors (Lipinski definition) is 2. The Morgan fingerprint density at radius 1 is 1.44 bits per heavy atom. The lowest BCUT2D eigenvalue weighted by Gasteiger charge is -2.34. The zero-order valence-electron chi connectivity index (χ0n) is 11.9. The standard InChI is InChI=1S/C15H26N2O/c1-11-5-4-6-12(2)14(11)9-16-13-7-8-15(18)17(3)10-13/h5,12-14,16H,4,6-10H2,1-3H3/t12-,13+,14-/m0/s1. The Balaban J connectivity index is 1.82. The van der Waals surface area contributed by atoms with E-state index in [0.717, 1.165) is 25.4 Å². The fraction of sp³-hybridized carbons (Fsp3) is 0.800. The molecule has 0 radical (unpaired) electrons. The normalized spacial score (nSPS) is 33.5. The molecule has 1 aliphatic heterocycles. The topological polar surface area (TPSA) is 32.3 Å². The molecule has 1 aliphatic carbocycles. The van der Waals surface area contributed by atoms with Crippen LogP contribution in [0, 0.1) is 11.8 Å². The van der Waals surface area contributed by atoms with Crippen LogP contribution in [0.4, 0.5) is 0 Å². The maximum atomic E-state index is 11.4. The van der Waals surface area contributed by atoms with Crippen molar-refractivity contribution in [2.45, 2.75) is 45.6 Å². The van der Waals surface area contributed by atoms with Crippen molar-refractivity contribution < 1.29 is 4.79 Å². The largest absolute Gasteiger partial charge is 0.344 e. The molecule has 1 amide bonds. The van der Waals surface area contributed by atoms with Crippen molar-refractivity contribution in [3.05, 3.63) is 11.6 Å². The summed E-state index contributed by atoms with van der Waals surface area (Å²) in [6, 6.07) is 0.481. The second-order valence-electron chi connectivity index (χ2n) is 6.03. The van der Waals surface area contributed by atoms with Crippen LogP contribution in [0.15, 0.2) is 11.6 Å². The van der Waals surface area contributed by atoms with E-state index in [-0.39, 0.29) is 5.91 Å². The summed E-state index contributed by atoms with van der Waals surface area (Å²) in [5.41, 5.74) is 1.54. The summed E-state index contributed by atoms with van der Waals surface area (Å²) in [5, 5.41) is 3.67. The van der Waals surface area contributed by atoms with Crippen molar-refractivity contribution in [3.8, 4) is 0 Å². The van der Waals surface area contributed by atoms with Gasteiger partial charge in [0.1, 0.15) is 0 Å². The molecule has 1 saturated heterocycles. The Morgan fingerprint density at radius 2 is 2.22 bits per heavy atom. The highest BCUT2D eigenvalue weighted by atomic mass is 16.2. The number of likely N-dealkylation sites (N-methyl/N-ethyl adjacent to an activating group) is 1. The van der Waals surface area contributed by atoms with Crippen molar-refractivity contribution in [3.63, 3.8) is 0 Å². The van der Waals surface area contributed by atoms with Crippen molar-refractivity contribution >= 4 is 5.91 Å². The van der Waals surface area contributed by atoms with E-state index >= 15 is 0 Å². The van der Waals surface area contributed by atoms with Crippen LogP contribution >= 0.6 is 0 Å². The van der Waals surface area contributed by atoms with Crippen molar-refractivity contribution in [2.75, 3.05) is 20.1 Å². The van der Waals surface area contributed by atoms with Gasteiger partial charge in [-0.1, -0.05) is 18.6 Å². The Kier molecular flexibility index (Phi) is 4.44. The predicted octanol–water partition coefficient (Wildman–Crippen LogP) is 2.19. The monoisotopic (exact) mass is 250 g/mol. The number of allylic oxidation sites excluding steroid dienone is 1. The summed E-state index contributed by atoms with van der Waals surface area (Å²) in [6.45, 7) is 6.55. The minimum absolute atomic E-state index is 0.287. The lowest BCUT2D eigenvalue weighted by molar-refractivity contribution is -0.132. The molecule has 3 atom stereocenters. The maximum absolute atomic E-state index is 11.4. The molecule has 0 spiro atoms. The van der Waals surface area contributed by atoms with Crippen LogP contribution in [-0.4, -0.2) is 37.0 Å². The number of carbonyl (C=O) groups is 1. The molecule has 0 saturated carbocycles. The Morgan fingerprint density at radius 3 is 2.89 bits per heavy atom. The fourth-order valence-corrected chi connectivity index (χ4v) is 3.21. The van der Waals surface area contributed by atoms with Crippen LogP contribution in [0.3, 0.4) is 0 Å². The minimum Gasteiger partial charge on any atom is -0.344 e. The van der Waals surface area contributed by atoms with Gasteiger partial charge in [-0.3, -0.25) is 4.79 Å². The van der Waals surface area contributed by atoms with Gasteiger partial charge in [0.15, 0.2) is 0 Å². The van der Waals surface area contributed by atoms with Gasteiger partial charge in [-0.05, 0) is 38.0 Å². The van der Waals surface area contributed by atoms with E-state index in [1.54, 1.807) is 5.57 Å². The fourth-order valence-electron chi connectivity index (χ4n) is 3.21. The van der Waals surface area contributed by atoms with Crippen LogP contribution in [0.1, 0.15) is 39.5 Å². The van der Waals surface area contributed by atoms with E-state index in [9.17, 15) is 4.79 Å². The SMILES string of the molecule is CC1=CCC[C@H](C)[C@H]1CN[C@@H]1CCC(=O)N(C)C1. The molecule has 0 bridgehead atoms. The van der Waals surface area contributed by atoms with Gasteiger partial charge in [0.25, 0.3) is 0 Å². The molecular weight excluding hydrogens is 224 g/mol. The first-order valence-electron chi connectivity index (χ1n) is 7.22. The minimum atomic E-state index is 0.287. The average molecular weight is 250 g/mol. The average Bonchev–Trinajstić information content (AvgIpc) is 2.33. The third-order valence-corrected chi connectivity index (χ3v) is 4.61. The molecule has 2 aliphatic rings. The first kappa shape index (κ1) is 13.6. The van der Waals surface area contributed by atoms with Gasteiger partial charge in [-0.15, -0.1) is 0 Å². The van der Waals surface area contributed by atoms with Crippen molar-refractivity contribution in [2.24, 2.45) is 11.8 Å². The van der Waals surface area contributed by atoms with E-state index in [4.69, 9.17) is 0 Å². The molecule has 2 rings (SSSR count). The Bertz CT molecular complexity index is 337. The molecule has 0 unspecified atom stereocenters. The third-order valence-electron chi connectivity index (χ3n) is 4.61. The smallest absolute Gasteiger partial charge is 0.222 e. The van der Waals surface area contributed by atoms with E-state index in [0.29, 0.717) is 18.4 Å². The molecule has 0 aromatic heterocycles. The third kappa shape index (κ3) is 3.14. The summed E-state index contributed by atoms with van der Waals surface area (Å²) in [5.74, 6) is 1.75. The summed E-state index contributed by atoms with van der Waals surface area (Å²) in [7, 11) is 1.91. The first-order valence-corrected chi connectivity index (χ1v) is 7.22. The number of piperidine rings is 1. The van der Waals surface area contributed by atoms with Crippen molar-refractivity contribution in [1.29, 1.82) is 0 Å². The number of amides is 1. The van der Waals surface area contributed by atoms with Gasteiger partial charge >= 0.3 is 0 Å². The van der Waals surface area contributed by atoms with E-state index in [1.165, 1.54) is 12.8 Å². The molecule has 18 heavy (non-hydrogen) atoms. The molecule has 3 nitrogen and oxygen atoms in total. The van der Waals surface area contributed by atoms with Gasteiger partial charge in [0.05, 0.1) is 0 Å². The van der Waals surface area contributed by atoms with Crippen LogP contribution in [-0.2, 0) is 4.79 Å². The van der Waals surface area contributed by atoms with Gasteiger partial charge in [-0.2, -0.15) is 0 Å². The van der Waals surface area contributed by atoms with Crippen LogP contribution in [0.2, 0.25) is 0 Å². The van der Waals surface area contributed by atoms with Crippen LogP contribution < -0.4 is 5.32 Å². The lowest BCUT2D eigenvalue weighted by atomic mass is 9.80. The number of hydrogen-bond donors (Lipinski definition) is 1. The van der Waals surface area contributed by atoms with Gasteiger partial charge in [-0.25, -0.2) is 0 Å². The molecule has 1 heterocycles. The molecule has 1 N–H and O–H groups in total. The quantitative estimate of drug-likeness (QED) is 0.779. The number of nitrogens with zero attached hydrogens (tertiary/aromatic N) is 1. The number of nitrogens with one attached hydrogen (secondary N) is 1. The van der Waals surface area contributed by atoms with Gasteiger partial charge < -0.3 is 10.2 Å². The summed E-state index contributed by atoms with van der Waals surface area (Å²) in [6.07, 6.45) is 6.63. The highest BCUT2D eigenvalue weighted by Gasteiger charge is 2.26. The zero-order valence-corrected chi connectivity index (χ0v) is 11.9. The highest BCUT2D eigenvalue weighted by Crippen LogP contribution is 2.29. The number of rotatable bonds is 3. The number of likely N-dealkylation sites (tertiary alicyclic amines) is 1. The zero-order chi connectivity index (χ0) is 13.1. The summed E-state index contributed by atoms with van der Waals surface area (Å²) >= 11 is 0. The number of carbonyl (C=O) groups excluding carboxylic acids is 1. The van der Waals surface area contributed by atoms with Gasteiger partial charge in [0, 0.05) is 32.6 Å². The second kappa shape index (κ2) is 5.87. The van der Waals surface area contributed by atoms with E-state index in [1.807, 2.05) is 11.9 Å².